The van der Waals surface area contributed by atoms with E-state index >= 15 is 0 Å². The molecule has 0 N–H and O–H groups in total. The molecule has 0 aliphatic carbocycles. The van der Waals surface area contributed by atoms with Crippen LogP contribution in [0.1, 0.15) is 18.5 Å². The quantitative estimate of drug-likeness (QED) is 0.457. The van der Waals surface area contributed by atoms with E-state index in [2.05, 4.69) is 45.5 Å². The van der Waals surface area contributed by atoms with Crippen molar-refractivity contribution in [2.45, 2.75) is 13.0 Å². The second-order valence-corrected chi connectivity index (χ2v) is 5.29. The lowest BCUT2D eigenvalue weighted by Gasteiger charge is -2.00. The average molecular weight is 262 g/mol. The fourth-order valence-electron chi connectivity index (χ4n) is 3.20. The summed E-state index contributed by atoms with van der Waals surface area (Å²) in [6.45, 7) is 2.19. The standard InChI is InChI=1S/C16H12N3O/c1-10-12-6-13-11-4-2-3-5-15(11)20-16(13)7-14(12)19-9-17-8-18(10)19/h2-10H,1H3/q+1. The monoisotopic (exact) mass is 262 g/mol. The van der Waals surface area contributed by atoms with Crippen molar-refractivity contribution in [3.05, 3.63) is 54.6 Å². The smallest absolute Gasteiger partial charge is 0.307 e. The molecule has 0 bridgehead atoms. The molecule has 0 saturated heterocycles. The van der Waals surface area contributed by atoms with Crippen LogP contribution >= 0.6 is 0 Å². The molecule has 5 rings (SSSR count). The van der Waals surface area contributed by atoms with Crippen LogP contribution in [0.2, 0.25) is 0 Å². The molecule has 1 unspecified atom stereocenters. The molecule has 1 aliphatic rings. The number of fused-ring (bicyclic) bond motifs is 6. The molecule has 2 aromatic carbocycles. The van der Waals surface area contributed by atoms with Gasteiger partial charge in [0.2, 0.25) is 6.33 Å². The van der Waals surface area contributed by atoms with E-state index in [1.807, 2.05) is 24.8 Å². The van der Waals surface area contributed by atoms with Crippen LogP contribution in [-0.4, -0.2) is 9.67 Å². The van der Waals surface area contributed by atoms with E-state index in [-0.39, 0.29) is 0 Å². The van der Waals surface area contributed by atoms with Gasteiger partial charge in [0.1, 0.15) is 17.2 Å². The first-order chi connectivity index (χ1) is 9.83. The van der Waals surface area contributed by atoms with E-state index in [1.54, 1.807) is 0 Å². The molecule has 1 aliphatic heterocycles. The maximum atomic E-state index is 5.96. The first-order valence-corrected chi connectivity index (χ1v) is 6.72. The summed E-state index contributed by atoms with van der Waals surface area (Å²) in [6, 6.07) is 12.9. The van der Waals surface area contributed by atoms with E-state index in [0.717, 1.165) is 16.9 Å². The van der Waals surface area contributed by atoms with Gasteiger partial charge in [0.05, 0.1) is 5.69 Å². The van der Waals surface area contributed by atoms with Gasteiger partial charge in [-0.25, -0.2) is 0 Å². The highest BCUT2D eigenvalue weighted by molar-refractivity contribution is 6.05. The van der Waals surface area contributed by atoms with Gasteiger partial charge in [0, 0.05) is 22.4 Å². The third kappa shape index (κ3) is 1.08. The largest absolute Gasteiger partial charge is 0.456 e. The number of nitrogens with zero attached hydrogens (tertiary/aromatic N) is 3. The molecular formula is C16H12N3O+. The number of hydrogen-bond acceptors (Lipinski definition) is 2. The molecule has 20 heavy (non-hydrogen) atoms. The molecule has 2 aromatic heterocycles. The molecule has 0 fully saturated rings. The number of benzene rings is 2. The highest BCUT2D eigenvalue weighted by Gasteiger charge is 2.31. The van der Waals surface area contributed by atoms with Crippen LogP contribution in [0.5, 0.6) is 0 Å². The second kappa shape index (κ2) is 3.28. The summed E-state index contributed by atoms with van der Waals surface area (Å²) in [7, 11) is 0. The van der Waals surface area contributed by atoms with E-state index in [9.17, 15) is 0 Å². The van der Waals surface area contributed by atoms with Crippen molar-refractivity contribution in [1.82, 2.24) is 9.67 Å². The summed E-state index contributed by atoms with van der Waals surface area (Å²) in [5, 5.41) is 2.36. The van der Waals surface area contributed by atoms with Crippen LogP contribution < -0.4 is 4.68 Å². The van der Waals surface area contributed by atoms with E-state index in [0.29, 0.717) is 6.04 Å². The zero-order valence-electron chi connectivity index (χ0n) is 10.9. The van der Waals surface area contributed by atoms with Crippen LogP contribution in [0, 0.1) is 0 Å². The minimum Gasteiger partial charge on any atom is -0.456 e. The van der Waals surface area contributed by atoms with Gasteiger partial charge in [0.25, 0.3) is 0 Å². The minimum absolute atomic E-state index is 0.297. The van der Waals surface area contributed by atoms with Crippen molar-refractivity contribution >= 4 is 21.9 Å². The highest BCUT2D eigenvalue weighted by Crippen LogP contribution is 2.35. The average Bonchev–Trinajstić information content (AvgIpc) is 3.13. The van der Waals surface area contributed by atoms with E-state index in [1.165, 1.54) is 16.3 Å². The molecule has 4 nitrogen and oxygen atoms in total. The number of aromatic nitrogens is 3. The Hall–Kier alpha value is -2.62. The van der Waals surface area contributed by atoms with E-state index in [4.69, 9.17) is 4.42 Å². The Morgan fingerprint density at radius 2 is 2.05 bits per heavy atom. The summed E-state index contributed by atoms with van der Waals surface area (Å²) in [5.74, 6) is 0. The lowest BCUT2D eigenvalue weighted by Crippen LogP contribution is -2.39. The Bertz CT molecular complexity index is 980. The third-order valence-corrected chi connectivity index (χ3v) is 4.23. The Kier molecular flexibility index (Phi) is 1.67. The van der Waals surface area contributed by atoms with Gasteiger partial charge in [-0.3, -0.25) is 0 Å². The molecular weight excluding hydrogens is 250 g/mol. The van der Waals surface area contributed by atoms with Gasteiger partial charge in [-0.05, 0) is 24.0 Å². The Morgan fingerprint density at radius 3 is 3.00 bits per heavy atom. The Morgan fingerprint density at radius 1 is 1.15 bits per heavy atom. The summed E-state index contributed by atoms with van der Waals surface area (Å²) in [5.41, 5.74) is 4.34. The molecule has 96 valence electrons. The zero-order chi connectivity index (χ0) is 13.3. The third-order valence-electron chi connectivity index (χ3n) is 4.23. The predicted octanol–water partition coefficient (Wildman–Crippen LogP) is 2.98. The van der Waals surface area contributed by atoms with Crippen molar-refractivity contribution in [3.8, 4) is 5.69 Å². The molecule has 4 heteroatoms. The maximum Gasteiger partial charge on any atom is 0.307 e. The molecule has 4 aromatic rings. The van der Waals surface area contributed by atoms with Gasteiger partial charge in [0.15, 0.2) is 0 Å². The zero-order valence-corrected chi connectivity index (χ0v) is 10.9. The normalized spacial score (nSPS) is 16.8. The molecule has 0 amide bonds. The molecule has 0 radical (unpaired) electrons. The lowest BCUT2D eigenvalue weighted by molar-refractivity contribution is -0.771. The summed E-state index contributed by atoms with van der Waals surface area (Å²) >= 11 is 0. The van der Waals surface area contributed by atoms with Gasteiger partial charge in [-0.1, -0.05) is 18.2 Å². The fourth-order valence-corrected chi connectivity index (χ4v) is 3.20. The number of furan rings is 1. The van der Waals surface area contributed by atoms with Crippen molar-refractivity contribution in [1.29, 1.82) is 0 Å². The van der Waals surface area contributed by atoms with Crippen molar-refractivity contribution in [3.63, 3.8) is 0 Å². The van der Waals surface area contributed by atoms with Gasteiger partial charge < -0.3 is 4.42 Å². The van der Waals surface area contributed by atoms with Crippen LogP contribution in [0.25, 0.3) is 27.6 Å². The number of hydrogen-bond donors (Lipinski definition) is 0. The number of para-hydroxylation sites is 1. The summed E-state index contributed by atoms with van der Waals surface area (Å²) in [4.78, 5) is 4.21. The first kappa shape index (κ1) is 10.2. The van der Waals surface area contributed by atoms with Crippen LogP contribution in [0.4, 0.5) is 0 Å². The maximum absolute atomic E-state index is 5.96. The van der Waals surface area contributed by atoms with Gasteiger partial charge in [-0.2, -0.15) is 0 Å². The Balaban J connectivity index is 1.94. The first-order valence-electron chi connectivity index (χ1n) is 6.72. The number of rotatable bonds is 0. The Labute approximate surface area is 114 Å². The summed E-state index contributed by atoms with van der Waals surface area (Å²) < 4.78 is 10.2. The topological polar surface area (TPSA) is 34.8 Å². The molecule has 3 heterocycles. The van der Waals surface area contributed by atoms with Gasteiger partial charge >= 0.3 is 6.33 Å². The highest BCUT2D eigenvalue weighted by atomic mass is 16.3. The summed E-state index contributed by atoms with van der Waals surface area (Å²) in [6.07, 6.45) is 3.71. The molecule has 0 saturated carbocycles. The minimum atomic E-state index is 0.297. The molecule has 0 spiro atoms. The molecule has 1 atom stereocenters. The van der Waals surface area contributed by atoms with Crippen molar-refractivity contribution < 1.29 is 9.10 Å². The fraction of sp³-hybridized carbons (Fsp3) is 0.125. The van der Waals surface area contributed by atoms with Gasteiger partial charge in [-0.15, -0.1) is 9.36 Å². The van der Waals surface area contributed by atoms with Crippen molar-refractivity contribution in [2.24, 2.45) is 0 Å². The SMILES string of the molecule is CC1c2cc3c(cc2-n2cnc[n+]21)oc1ccccc13. The van der Waals surface area contributed by atoms with Crippen LogP contribution in [-0.2, 0) is 0 Å². The van der Waals surface area contributed by atoms with Crippen LogP contribution in [0.3, 0.4) is 0 Å². The second-order valence-electron chi connectivity index (χ2n) is 5.29. The lowest BCUT2D eigenvalue weighted by atomic mass is 10.0. The van der Waals surface area contributed by atoms with Crippen LogP contribution in [0.15, 0.2) is 53.5 Å². The van der Waals surface area contributed by atoms with E-state index < -0.39 is 0 Å². The van der Waals surface area contributed by atoms with Crippen molar-refractivity contribution in [2.75, 3.05) is 0 Å². The predicted molar refractivity (Wildman–Crippen MR) is 74.9 cm³/mol.